The van der Waals surface area contributed by atoms with Gasteiger partial charge in [-0.3, -0.25) is 4.79 Å². The Morgan fingerprint density at radius 2 is 2.25 bits per heavy atom. The SMILES string of the molecule is O=Cc1cc2ccc(OCCCCl)cc2s1. The quantitative estimate of drug-likeness (QED) is 0.462. The fraction of sp³-hybridized carbons (Fsp3) is 0.250. The van der Waals surface area contributed by atoms with E-state index in [1.807, 2.05) is 24.3 Å². The Balaban J connectivity index is 2.18. The van der Waals surface area contributed by atoms with Crippen LogP contribution in [0.1, 0.15) is 16.1 Å². The molecule has 0 aliphatic heterocycles. The highest BCUT2D eigenvalue weighted by Gasteiger charge is 2.02. The molecule has 0 spiro atoms. The largest absolute Gasteiger partial charge is 0.494 e. The van der Waals surface area contributed by atoms with E-state index in [2.05, 4.69) is 0 Å². The average Bonchev–Trinajstić information content (AvgIpc) is 2.71. The van der Waals surface area contributed by atoms with Crippen LogP contribution in [0.2, 0.25) is 0 Å². The van der Waals surface area contributed by atoms with Gasteiger partial charge in [0.25, 0.3) is 0 Å². The van der Waals surface area contributed by atoms with E-state index in [9.17, 15) is 4.79 Å². The van der Waals surface area contributed by atoms with E-state index in [1.165, 1.54) is 11.3 Å². The number of hydrogen-bond acceptors (Lipinski definition) is 3. The summed E-state index contributed by atoms with van der Waals surface area (Å²) in [4.78, 5) is 11.4. The van der Waals surface area contributed by atoms with Gasteiger partial charge in [-0.2, -0.15) is 0 Å². The first kappa shape index (κ1) is 11.4. The minimum absolute atomic E-state index is 0.608. The van der Waals surface area contributed by atoms with Crippen LogP contribution in [-0.2, 0) is 0 Å². The van der Waals surface area contributed by atoms with E-state index in [0.717, 1.165) is 33.4 Å². The van der Waals surface area contributed by atoms with Gasteiger partial charge >= 0.3 is 0 Å². The number of halogens is 1. The third-order valence-corrected chi connectivity index (χ3v) is 3.46. The molecular formula is C12H11ClO2S. The monoisotopic (exact) mass is 254 g/mol. The number of aldehydes is 1. The first-order valence-corrected chi connectivity index (χ1v) is 6.36. The molecule has 1 aromatic heterocycles. The lowest BCUT2D eigenvalue weighted by Crippen LogP contribution is -1.97. The molecule has 0 radical (unpaired) electrons. The molecule has 0 saturated carbocycles. The smallest absolute Gasteiger partial charge is 0.160 e. The van der Waals surface area contributed by atoms with Crippen molar-refractivity contribution in [3.63, 3.8) is 0 Å². The first-order valence-electron chi connectivity index (χ1n) is 5.01. The number of benzene rings is 1. The second kappa shape index (κ2) is 5.32. The number of ether oxygens (including phenoxy) is 1. The summed E-state index contributed by atoms with van der Waals surface area (Å²) in [6.07, 6.45) is 1.71. The van der Waals surface area contributed by atoms with Gasteiger partial charge < -0.3 is 4.74 Å². The lowest BCUT2D eigenvalue weighted by molar-refractivity contribution is 0.112. The summed E-state index contributed by atoms with van der Waals surface area (Å²) in [5.41, 5.74) is 0. The molecule has 4 heteroatoms. The Morgan fingerprint density at radius 1 is 1.38 bits per heavy atom. The van der Waals surface area contributed by atoms with Crippen LogP contribution >= 0.6 is 22.9 Å². The fourth-order valence-electron chi connectivity index (χ4n) is 1.42. The van der Waals surface area contributed by atoms with Gasteiger partial charge in [0.15, 0.2) is 6.29 Å². The van der Waals surface area contributed by atoms with Crippen LogP contribution in [0.4, 0.5) is 0 Å². The van der Waals surface area contributed by atoms with Crippen LogP contribution in [0.3, 0.4) is 0 Å². The van der Waals surface area contributed by atoms with Crippen LogP contribution in [0.5, 0.6) is 5.75 Å². The normalized spacial score (nSPS) is 10.6. The van der Waals surface area contributed by atoms with Crippen LogP contribution in [0.15, 0.2) is 24.3 Å². The third-order valence-electron chi connectivity index (χ3n) is 2.17. The lowest BCUT2D eigenvalue weighted by atomic mass is 10.2. The van der Waals surface area contributed by atoms with Crippen molar-refractivity contribution in [3.8, 4) is 5.75 Å². The van der Waals surface area contributed by atoms with Crippen molar-refractivity contribution in [2.75, 3.05) is 12.5 Å². The van der Waals surface area contributed by atoms with Crippen molar-refractivity contribution in [1.29, 1.82) is 0 Å². The predicted octanol–water partition coefficient (Wildman–Crippen LogP) is 3.72. The van der Waals surface area contributed by atoms with Crippen molar-refractivity contribution in [2.45, 2.75) is 6.42 Å². The molecule has 2 nitrogen and oxygen atoms in total. The molecule has 0 N–H and O–H groups in total. The Bertz CT molecular complexity index is 493. The summed E-state index contributed by atoms with van der Waals surface area (Å²) in [6, 6.07) is 7.73. The molecule has 2 aromatic rings. The number of hydrogen-bond donors (Lipinski definition) is 0. The summed E-state index contributed by atoms with van der Waals surface area (Å²) < 4.78 is 6.61. The van der Waals surface area contributed by atoms with Gasteiger partial charge in [0, 0.05) is 10.6 Å². The molecule has 1 aromatic carbocycles. The average molecular weight is 255 g/mol. The minimum atomic E-state index is 0.608. The molecule has 1 heterocycles. The summed E-state index contributed by atoms with van der Waals surface area (Å²) in [7, 11) is 0. The van der Waals surface area contributed by atoms with Gasteiger partial charge in [0.05, 0.1) is 11.5 Å². The minimum Gasteiger partial charge on any atom is -0.494 e. The van der Waals surface area contributed by atoms with E-state index < -0.39 is 0 Å². The van der Waals surface area contributed by atoms with E-state index in [0.29, 0.717) is 12.5 Å². The highest BCUT2D eigenvalue weighted by Crippen LogP contribution is 2.28. The number of alkyl halides is 1. The maximum absolute atomic E-state index is 10.6. The Hall–Kier alpha value is -1.06. The van der Waals surface area contributed by atoms with E-state index in [1.54, 1.807) is 0 Å². The van der Waals surface area contributed by atoms with Crippen molar-refractivity contribution in [3.05, 3.63) is 29.1 Å². The third kappa shape index (κ3) is 2.54. The molecule has 0 amide bonds. The highest BCUT2D eigenvalue weighted by atomic mass is 35.5. The van der Waals surface area contributed by atoms with E-state index in [4.69, 9.17) is 16.3 Å². The lowest BCUT2D eigenvalue weighted by Gasteiger charge is -2.04. The zero-order chi connectivity index (χ0) is 11.4. The summed E-state index contributed by atoms with van der Waals surface area (Å²) >= 11 is 7.04. The molecule has 0 saturated heterocycles. The summed E-state index contributed by atoms with van der Waals surface area (Å²) in [5.74, 6) is 1.44. The zero-order valence-electron chi connectivity index (χ0n) is 8.61. The molecule has 84 valence electrons. The van der Waals surface area contributed by atoms with Gasteiger partial charge in [-0.05, 0) is 36.1 Å². The molecular weight excluding hydrogens is 244 g/mol. The standard InChI is InChI=1S/C12H11ClO2S/c13-4-1-5-15-10-3-2-9-6-11(8-14)16-12(9)7-10/h2-3,6-8H,1,4-5H2. The Kier molecular flexibility index (Phi) is 3.80. The second-order valence-electron chi connectivity index (χ2n) is 3.36. The number of fused-ring (bicyclic) bond motifs is 1. The van der Waals surface area contributed by atoms with E-state index >= 15 is 0 Å². The maximum Gasteiger partial charge on any atom is 0.160 e. The van der Waals surface area contributed by atoms with E-state index in [-0.39, 0.29) is 0 Å². The first-order chi connectivity index (χ1) is 7.83. The number of carbonyl (C=O) groups is 1. The fourth-order valence-corrected chi connectivity index (χ4v) is 2.44. The maximum atomic E-state index is 10.6. The molecule has 2 rings (SSSR count). The van der Waals surface area contributed by atoms with Crippen LogP contribution in [0, 0.1) is 0 Å². The molecule has 0 aliphatic carbocycles. The van der Waals surface area contributed by atoms with Gasteiger partial charge in [-0.15, -0.1) is 22.9 Å². The number of rotatable bonds is 5. The number of carbonyl (C=O) groups excluding carboxylic acids is 1. The van der Waals surface area contributed by atoms with Crippen LogP contribution < -0.4 is 4.74 Å². The van der Waals surface area contributed by atoms with Gasteiger partial charge in [-0.1, -0.05) is 0 Å². The molecule has 0 fully saturated rings. The summed E-state index contributed by atoms with van der Waals surface area (Å²) in [6.45, 7) is 0.626. The molecule has 16 heavy (non-hydrogen) atoms. The van der Waals surface area contributed by atoms with Gasteiger partial charge in [0.2, 0.25) is 0 Å². The predicted molar refractivity (Wildman–Crippen MR) is 68.0 cm³/mol. The van der Waals surface area contributed by atoms with Gasteiger partial charge in [0.1, 0.15) is 5.75 Å². The van der Waals surface area contributed by atoms with Gasteiger partial charge in [-0.25, -0.2) is 0 Å². The Morgan fingerprint density at radius 3 is 3.00 bits per heavy atom. The van der Waals surface area contributed by atoms with Crippen molar-refractivity contribution >= 4 is 39.3 Å². The molecule has 0 aliphatic rings. The molecule has 0 bridgehead atoms. The van der Waals surface area contributed by atoms with Crippen molar-refractivity contribution in [1.82, 2.24) is 0 Å². The molecule has 0 atom stereocenters. The van der Waals surface area contributed by atoms with Crippen molar-refractivity contribution < 1.29 is 9.53 Å². The topological polar surface area (TPSA) is 26.3 Å². The second-order valence-corrected chi connectivity index (χ2v) is 4.85. The molecule has 0 unspecified atom stereocenters. The highest BCUT2D eigenvalue weighted by molar-refractivity contribution is 7.20. The van der Waals surface area contributed by atoms with Crippen molar-refractivity contribution in [2.24, 2.45) is 0 Å². The van der Waals surface area contributed by atoms with Crippen LogP contribution in [0.25, 0.3) is 10.1 Å². The summed E-state index contributed by atoms with van der Waals surface area (Å²) in [5, 5.41) is 1.08. The van der Waals surface area contributed by atoms with Crippen LogP contribution in [-0.4, -0.2) is 18.8 Å². The Labute approximate surface area is 103 Å². The number of thiophene rings is 1. The zero-order valence-corrected chi connectivity index (χ0v) is 10.2.